The number of nitrogens with one attached hydrogen (secondary N) is 1. The second-order valence-corrected chi connectivity index (χ2v) is 7.35. The standard InChI is InChI=1S/C18H20N2O2S/c1-11-8-12(2)10-14(9-11)20-7-6-15(18(20)22)19-17(21)16-5-4-13(3)23-16/h4-5,8-10,15H,6-7H2,1-3H3,(H,19,21)/t15-/m0/s1. The van der Waals surface area contributed by atoms with Gasteiger partial charge in [0, 0.05) is 17.1 Å². The summed E-state index contributed by atoms with van der Waals surface area (Å²) in [6.45, 7) is 6.64. The Bertz CT molecular complexity index is 746. The van der Waals surface area contributed by atoms with Gasteiger partial charge in [0.05, 0.1) is 4.88 Å². The van der Waals surface area contributed by atoms with E-state index in [4.69, 9.17) is 0 Å². The maximum Gasteiger partial charge on any atom is 0.262 e. The Morgan fingerprint density at radius 1 is 1.17 bits per heavy atom. The van der Waals surface area contributed by atoms with E-state index < -0.39 is 6.04 Å². The number of hydrogen-bond acceptors (Lipinski definition) is 3. The third-order valence-electron chi connectivity index (χ3n) is 3.99. The Morgan fingerprint density at radius 3 is 2.48 bits per heavy atom. The van der Waals surface area contributed by atoms with Crippen LogP contribution in [0.4, 0.5) is 5.69 Å². The van der Waals surface area contributed by atoms with Crippen molar-refractivity contribution in [3.63, 3.8) is 0 Å². The van der Waals surface area contributed by atoms with Crippen LogP contribution in [0.5, 0.6) is 0 Å². The van der Waals surface area contributed by atoms with Gasteiger partial charge in [-0.2, -0.15) is 0 Å². The number of amides is 2. The molecular formula is C18H20N2O2S. The van der Waals surface area contributed by atoms with Crippen molar-refractivity contribution in [1.82, 2.24) is 5.32 Å². The summed E-state index contributed by atoms with van der Waals surface area (Å²) >= 11 is 1.44. The minimum atomic E-state index is -0.439. The van der Waals surface area contributed by atoms with Crippen molar-refractivity contribution >= 4 is 28.8 Å². The predicted octanol–water partition coefficient (Wildman–Crippen LogP) is 3.21. The maximum absolute atomic E-state index is 12.6. The van der Waals surface area contributed by atoms with E-state index in [1.165, 1.54) is 11.3 Å². The van der Waals surface area contributed by atoms with Gasteiger partial charge in [0.2, 0.25) is 5.91 Å². The predicted molar refractivity (Wildman–Crippen MR) is 93.2 cm³/mol. The summed E-state index contributed by atoms with van der Waals surface area (Å²) in [5, 5.41) is 2.87. The van der Waals surface area contributed by atoms with E-state index in [1.54, 1.807) is 11.0 Å². The molecule has 0 aliphatic carbocycles. The highest BCUT2D eigenvalue weighted by atomic mass is 32.1. The van der Waals surface area contributed by atoms with E-state index >= 15 is 0 Å². The third kappa shape index (κ3) is 3.29. The third-order valence-corrected chi connectivity index (χ3v) is 4.99. The van der Waals surface area contributed by atoms with Gasteiger partial charge in [0.25, 0.3) is 5.91 Å². The van der Waals surface area contributed by atoms with Crippen molar-refractivity contribution in [2.24, 2.45) is 0 Å². The minimum Gasteiger partial charge on any atom is -0.339 e. The van der Waals surface area contributed by atoms with Gasteiger partial charge in [-0.3, -0.25) is 9.59 Å². The molecule has 5 heteroatoms. The van der Waals surface area contributed by atoms with E-state index in [-0.39, 0.29) is 11.8 Å². The molecule has 23 heavy (non-hydrogen) atoms. The largest absolute Gasteiger partial charge is 0.339 e. The lowest BCUT2D eigenvalue weighted by Gasteiger charge is -2.18. The Labute approximate surface area is 140 Å². The van der Waals surface area contributed by atoms with Crippen LogP contribution >= 0.6 is 11.3 Å². The number of hydrogen-bond donors (Lipinski definition) is 1. The lowest BCUT2D eigenvalue weighted by Crippen LogP contribution is -2.41. The summed E-state index contributed by atoms with van der Waals surface area (Å²) < 4.78 is 0. The van der Waals surface area contributed by atoms with Gasteiger partial charge in [-0.05, 0) is 62.6 Å². The average molecular weight is 328 g/mol. The van der Waals surface area contributed by atoms with Gasteiger partial charge in [-0.15, -0.1) is 11.3 Å². The van der Waals surface area contributed by atoms with Crippen LogP contribution in [0.1, 0.15) is 32.1 Å². The molecule has 0 unspecified atom stereocenters. The number of thiophene rings is 1. The van der Waals surface area contributed by atoms with Crippen LogP contribution in [-0.2, 0) is 4.79 Å². The van der Waals surface area contributed by atoms with E-state index in [0.29, 0.717) is 17.8 Å². The molecule has 0 saturated carbocycles. The molecule has 1 aromatic carbocycles. The number of benzene rings is 1. The zero-order chi connectivity index (χ0) is 16.6. The van der Waals surface area contributed by atoms with Crippen molar-refractivity contribution in [1.29, 1.82) is 0 Å². The fourth-order valence-electron chi connectivity index (χ4n) is 2.96. The van der Waals surface area contributed by atoms with Crippen LogP contribution < -0.4 is 10.2 Å². The molecule has 2 heterocycles. The average Bonchev–Trinajstić information content (AvgIpc) is 3.05. The topological polar surface area (TPSA) is 49.4 Å². The van der Waals surface area contributed by atoms with Gasteiger partial charge in [-0.1, -0.05) is 6.07 Å². The summed E-state index contributed by atoms with van der Waals surface area (Å²) in [5.74, 6) is -0.194. The first-order valence-electron chi connectivity index (χ1n) is 7.71. The molecular weight excluding hydrogens is 308 g/mol. The number of rotatable bonds is 3. The molecule has 0 spiro atoms. The first kappa shape index (κ1) is 15.7. The summed E-state index contributed by atoms with van der Waals surface area (Å²) in [6, 6.07) is 9.39. The fraction of sp³-hybridized carbons (Fsp3) is 0.333. The second kappa shape index (κ2) is 6.16. The Morgan fingerprint density at radius 2 is 1.87 bits per heavy atom. The summed E-state index contributed by atoms with van der Waals surface area (Å²) in [7, 11) is 0. The molecule has 1 fully saturated rings. The van der Waals surface area contributed by atoms with Crippen molar-refractivity contribution in [2.75, 3.05) is 11.4 Å². The van der Waals surface area contributed by atoms with Crippen LogP contribution in [0.25, 0.3) is 0 Å². The van der Waals surface area contributed by atoms with Crippen LogP contribution in [0.3, 0.4) is 0 Å². The van der Waals surface area contributed by atoms with Crippen molar-refractivity contribution in [3.05, 3.63) is 51.2 Å². The summed E-state index contributed by atoms with van der Waals surface area (Å²) in [5.41, 5.74) is 3.18. The summed E-state index contributed by atoms with van der Waals surface area (Å²) in [6.07, 6.45) is 0.641. The Hall–Kier alpha value is -2.14. The quantitative estimate of drug-likeness (QED) is 0.940. The normalized spacial score (nSPS) is 17.6. The molecule has 1 aliphatic rings. The zero-order valence-corrected chi connectivity index (χ0v) is 14.4. The molecule has 3 rings (SSSR count). The van der Waals surface area contributed by atoms with Crippen molar-refractivity contribution < 1.29 is 9.59 Å². The maximum atomic E-state index is 12.6. The molecule has 1 aromatic heterocycles. The molecule has 0 bridgehead atoms. The van der Waals surface area contributed by atoms with Gasteiger partial charge < -0.3 is 10.2 Å². The smallest absolute Gasteiger partial charge is 0.262 e. The number of anilines is 1. The molecule has 120 valence electrons. The van der Waals surface area contributed by atoms with Crippen LogP contribution in [-0.4, -0.2) is 24.4 Å². The molecule has 1 saturated heterocycles. The van der Waals surface area contributed by atoms with Crippen LogP contribution in [0.2, 0.25) is 0 Å². The van der Waals surface area contributed by atoms with Crippen LogP contribution in [0.15, 0.2) is 30.3 Å². The molecule has 1 aliphatic heterocycles. The molecule has 4 nitrogen and oxygen atoms in total. The molecule has 1 atom stereocenters. The Balaban J connectivity index is 1.72. The van der Waals surface area contributed by atoms with E-state index in [9.17, 15) is 9.59 Å². The highest BCUT2D eigenvalue weighted by Crippen LogP contribution is 2.24. The monoisotopic (exact) mass is 328 g/mol. The molecule has 2 amide bonds. The molecule has 1 N–H and O–H groups in total. The molecule has 2 aromatic rings. The van der Waals surface area contributed by atoms with Gasteiger partial charge >= 0.3 is 0 Å². The minimum absolute atomic E-state index is 0.0309. The summed E-state index contributed by atoms with van der Waals surface area (Å²) in [4.78, 5) is 28.4. The molecule has 0 radical (unpaired) electrons. The van der Waals surface area contributed by atoms with Crippen molar-refractivity contribution in [3.8, 4) is 0 Å². The number of carbonyl (C=O) groups excluding carboxylic acids is 2. The lowest BCUT2D eigenvalue weighted by atomic mass is 10.1. The van der Waals surface area contributed by atoms with Gasteiger partial charge in [0.1, 0.15) is 6.04 Å². The first-order chi connectivity index (χ1) is 10.9. The van der Waals surface area contributed by atoms with E-state index in [2.05, 4.69) is 11.4 Å². The highest BCUT2D eigenvalue weighted by Gasteiger charge is 2.34. The first-order valence-corrected chi connectivity index (χ1v) is 8.52. The zero-order valence-electron chi connectivity index (χ0n) is 13.6. The van der Waals surface area contributed by atoms with Gasteiger partial charge in [0.15, 0.2) is 0 Å². The lowest BCUT2D eigenvalue weighted by molar-refractivity contribution is -0.118. The number of carbonyl (C=O) groups is 2. The number of aryl methyl sites for hydroxylation is 3. The van der Waals surface area contributed by atoms with Crippen LogP contribution in [0, 0.1) is 20.8 Å². The van der Waals surface area contributed by atoms with E-state index in [1.807, 2.05) is 39.0 Å². The SMILES string of the molecule is Cc1cc(C)cc(N2CC[C@H](NC(=O)c3ccc(C)s3)C2=O)c1. The van der Waals surface area contributed by atoms with Crippen molar-refractivity contribution in [2.45, 2.75) is 33.2 Å². The number of nitrogens with zero attached hydrogens (tertiary/aromatic N) is 1. The van der Waals surface area contributed by atoms with Gasteiger partial charge in [-0.25, -0.2) is 0 Å². The van der Waals surface area contributed by atoms with E-state index in [0.717, 1.165) is 21.7 Å². The second-order valence-electron chi connectivity index (χ2n) is 6.06. The highest BCUT2D eigenvalue weighted by molar-refractivity contribution is 7.13. The fourth-order valence-corrected chi connectivity index (χ4v) is 3.73. The Kier molecular flexibility index (Phi) is 4.22.